The fourth-order valence-corrected chi connectivity index (χ4v) is 2.33. The SMILES string of the molecule is CCCOC(=O)c1cc(O)cc2cc(-c3ccc(O)cc3)oc12. The van der Waals surface area contributed by atoms with E-state index >= 15 is 0 Å². The summed E-state index contributed by atoms with van der Waals surface area (Å²) in [5, 5.41) is 19.8. The van der Waals surface area contributed by atoms with Crippen molar-refractivity contribution < 1.29 is 24.2 Å². The predicted octanol–water partition coefficient (Wildman–Crippen LogP) is 4.08. The van der Waals surface area contributed by atoms with Gasteiger partial charge in [0.25, 0.3) is 0 Å². The van der Waals surface area contributed by atoms with Crippen molar-refractivity contribution in [3.8, 4) is 22.8 Å². The minimum atomic E-state index is -0.528. The van der Waals surface area contributed by atoms with Crippen LogP contribution in [0, 0.1) is 0 Å². The molecule has 0 saturated carbocycles. The Kier molecular flexibility index (Phi) is 3.93. The third-order valence-corrected chi connectivity index (χ3v) is 3.41. The van der Waals surface area contributed by atoms with Crippen LogP contribution in [0.3, 0.4) is 0 Å². The fourth-order valence-electron chi connectivity index (χ4n) is 2.33. The molecular weight excluding hydrogens is 296 g/mol. The number of benzene rings is 2. The largest absolute Gasteiger partial charge is 0.508 e. The van der Waals surface area contributed by atoms with Crippen molar-refractivity contribution in [2.45, 2.75) is 13.3 Å². The van der Waals surface area contributed by atoms with Gasteiger partial charge in [-0.3, -0.25) is 0 Å². The van der Waals surface area contributed by atoms with Crippen molar-refractivity contribution in [3.05, 3.63) is 48.0 Å². The Morgan fingerprint density at radius 1 is 1.09 bits per heavy atom. The van der Waals surface area contributed by atoms with Crippen molar-refractivity contribution in [3.63, 3.8) is 0 Å². The van der Waals surface area contributed by atoms with Crippen LogP contribution in [0.15, 0.2) is 46.9 Å². The molecule has 0 fully saturated rings. The molecule has 1 heterocycles. The maximum Gasteiger partial charge on any atom is 0.342 e. The molecule has 0 spiro atoms. The van der Waals surface area contributed by atoms with E-state index in [4.69, 9.17) is 9.15 Å². The second-order valence-electron chi connectivity index (χ2n) is 5.21. The van der Waals surface area contributed by atoms with Gasteiger partial charge in [-0.1, -0.05) is 6.92 Å². The van der Waals surface area contributed by atoms with Gasteiger partial charge in [0, 0.05) is 10.9 Å². The summed E-state index contributed by atoms with van der Waals surface area (Å²) in [5.41, 5.74) is 1.32. The van der Waals surface area contributed by atoms with Gasteiger partial charge in [0.2, 0.25) is 0 Å². The van der Waals surface area contributed by atoms with Gasteiger partial charge in [-0.05, 0) is 48.9 Å². The highest BCUT2D eigenvalue weighted by atomic mass is 16.5. The molecule has 3 rings (SSSR count). The quantitative estimate of drug-likeness (QED) is 0.710. The lowest BCUT2D eigenvalue weighted by Crippen LogP contribution is -2.06. The van der Waals surface area contributed by atoms with Crippen molar-refractivity contribution in [1.29, 1.82) is 0 Å². The van der Waals surface area contributed by atoms with E-state index in [0.717, 1.165) is 5.56 Å². The van der Waals surface area contributed by atoms with E-state index in [1.54, 1.807) is 30.3 Å². The number of carbonyl (C=O) groups is 1. The van der Waals surface area contributed by atoms with Gasteiger partial charge in [-0.25, -0.2) is 4.79 Å². The normalized spacial score (nSPS) is 10.8. The summed E-state index contributed by atoms with van der Waals surface area (Å²) in [4.78, 5) is 12.1. The molecule has 23 heavy (non-hydrogen) atoms. The Morgan fingerprint density at radius 2 is 1.83 bits per heavy atom. The Bertz CT molecular complexity index is 846. The van der Waals surface area contributed by atoms with Crippen LogP contribution >= 0.6 is 0 Å². The average molecular weight is 312 g/mol. The monoisotopic (exact) mass is 312 g/mol. The molecule has 0 radical (unpaired) electrons. The second kappa shape index (κ2) is 6.04. The molecule has 2 aromatic carbocycles. The molecule has 2 N–H and O–H groups in total. The first-order valence-electron chi connectivity index (χ1n) is 7.31. The smallest absolute Gasteiger partial charge is 0.342 e. The van der Waals surface area contributed by atoms with Gasteiger partial charge < -0.3 is 19.4 Å². The van der Waals surface area contributed by atoms with E-state index in [0.29, 0.717) is 29.8 Å². The van der Waals surface area contributed by atoms with Crippen LogP contribution in [-0.2, 0) is 4.74 Å². The van der Waals surface area contributed by atoms with Gasteiger partial charge in [0.05, 0.1) is 6.61 Å². The lowest BCUT2D eigenvalue weighted by molar-refractivity contribution is 0.0506. The molecule has 0 bridgehead atoms. The number of ether oxygens (including phenoxy) is 1. The summed E-state index contributed by atoms with van der Waals surface area (Å²) in [6, 6.07) is 11.1. The Balaban J connectivity index is 2.08. The molecule has 3 aromatic rings. The first-order valence-corrected chi connectivity index (χ1v) is 7.31. The molecule has 5 nitrogen and oxygen atoms in total. The zero-order chi connectivity index (χ0) is 16.4. The second-order valence-corrected chi connectivity index (χ2v) is 5.21. The number of phenolic OH excluding ortho intramolecular Hbond substituents is 2. The van der Waals surface area contributed by atoms with Gasteiger partial charge in [-0.15, -0.1) is 0 Å². The number of rotatable bonds is 4. The van der Waals surface area contributed by atoms with Crippen LogP contribution < -0.4 is 0 Å². The lowest BCUT2D eigenvalue weighted by Gasteiger charge is -2.04. The van der Waals surface area contributed by atoms with Crippen LogP contribution in [-0.4, -0.2) is 22.8 Å². The molecule has 0 aliphatic rings. The summed E-state index contributed by atoms with van der Waals surface area (Å²) < 4.78 is 10.9. The minimum Gasteiger partial charge on any atom is -0.508 e. The molecular formula is C18H16O5. The summed E-state index contributed by atoms with van der Waals surface area (Å²) >= 11 is 0. The van der Waals surface area contributed by atoms with E-state index in [1.165, 1.54) is 12.1 Å². The molecule has 5 heteroatoms. The number of esters is 1. The van der Waals surface area contributed by atoms with E-state index in [9.17, 15) is 15.0 Å². The molecule has 0 aliphatic carbocycles. The Morgan fingerprint density at radius 3 is 2.52 bits per heavy atom. The lowest BCUT2D eigenvalue weighted by atomic mass is 10.1. The van der Waals surface area contributed by atoms with E-state index in [-0.39, 0.29) is 17.1 Å². The van der Waals surface area contributed by atoms with Gasteiger partial charge in [-0.2, -0.15) is 0 Å². The Labute approximate surface area is 132 Å². The standard InChI is InChI=1S/C18H16O5/c1-2-7-22-18(21)15-10-14(20)8-12-9-16(23-17(12)15)11-3-5-13(19)6-4-11/h3-6,8-10,19-20H,2,7H2,1H3. The summed E-state index contributed by atoms with van der Waals surface area (Å²) in [7, 11) is 0. The number of furan rings is 1. The van der Waals surface area contributed by atoms with E-state index in [1.807, 2.05) is 6.92 Å². The van der Waals surface area contributed by atoms with E-state index < -0.39 is 5.97 Å². The Hall–Kier alpha value is -2.95. The van der Waals surface area contributed by atoms with E-state index in [2.05, 4.69) is 0 Å². The summed E-state index contributed by atoms with van der Waals surface area (Å²) in [6.45, 7) is 2.21. The third-order valence-electron chi connectivity index (χ3n) is 3.41. The first-order chi connectivity index (χ1) is 11.1. The highest BCUT2D eigenvalue weighted by Gasteiger charge is 2.18. The number of carbonyl (C=O) groups excluding carboxylic acids is 1. The third kappa shape index (κ3) is 2.99. The van der Waals surface area contributed by atoms with Gasteiger partial charge in [0.15, 0.2) is 0 Å². The van der Waals surface area contributed by atoms with Gasteiger partial charge >= 0.3 is 5.97 Å². The number of hydrogen-bond acceptors (Lipinski definition) is 5. The van der Waals surface area contributed by atoms with Crippen LogP contribution in [0.1, 0.15) is 23.7 Å². The molecule has 0 atom stereocenters. The number of hydrogen-bond donors (Lipinski definition) is 2. The minimum absolute atomic E-state index is 0.0287. The van der Waals surface area contributed by atoms with Crippen molar-refractivity contribution >= 4 is 16.9 Å². The summed E-state index contributed by atoms with van der Waals surface area (Å²) in [6.07, 6.45) is 0.713. The maximum atomic E-state index is 12.1. The predicted molar refractivity (Wildman–Crippen MR) is 85.6 cm³/mol. The van der Waals surface area contributed by atoms with Crippen LogP contribution in [0.4, 0.5) is 0 Å². The highest BCUT2D eigenvalue weighted by molar-refractivity contribution is 6.03. The number of aromatic hydroxyl groups is 2. The first kappa shape index (κ1) is 15.0. The molecule has 0 amide bonds. The number of fused-ring (bicyclic) bond motifs is 1. The van der Waals surface area contributed by atoms with Crippen molar-refractivity contribution in [2.75, 3.05) is 6.61 Å². The van der Waals surface area contributed by atoms with Crippen molar-refractivity contribution in [1.82, 2.24) is 0 Å². The zero-order valence-electron chi connectivity index (χ0n) is 12.6. The topological polar surface area (TPSA) is 79.9 Å². The van der Waals surface area contributed by atoms with Crippen LogP contribution in [0.2, 0.25) is 0 Å². The molecule has 0 saturated heterocycles. The highest BCUT2D eigenvalue weighted by Crippen LogP contribution is 2.33. The average Bonchev–Trinajstić information content (AvgIpc) is 2.96. The van der Waals surface area contributed by atoms with Crippen LogP contribution in [0.25, 0.3) is 22.3 Å². The zero-order valence-corrected chi connectivity index (χ0v) is 12.6. The van der Waals surface area contributed by atoms with Gasteiger partial charge in [0.1, 0.15) is 28.4 Å². The molecule has 0 aliphatic heterocycles. The molecule has 118 valence electrons. The molecule has 1 aromatic heterocycles. The van der Waals surface area contributed by atoms with Crippen molar-refractivity contribution in [2.24, 2.45) is 0 Å². The number of phenols is 2. The maximum absolute atomic E-state index is 12.1. The molecule has 0 unspecified atom stereocenters. The summed E-state index contributed by atoms with van der Waals surface area (Å²) in [5.74, 6) is 0.139. The van der Waals surface area contributed by atoms with Crippen LogP contribution in [0.5, 0.6) is 11.5 Å². The fraction of sp³-hybridized carbons (Fsp3) is 0.167.